The molecule has 0 heterocycles. The first-order valence-electron chi connectivity index (χ1n) is 24.0. The average Bonchev–Trinajstić information content (AvgIpc) is 3.25. The van der Waals surface area contributed by atoms with Gasteiger partial charge in [0.15, 0.2) is 0 Å². The molecule has 336 valence electrons. The van der Waals surface area contributed by atoms with Gasteiger partial charge in [-0.25, -0.2) is 0 Å². The van der Waals surface area contributed by atoms with E-state index in [9.17, 15) is 15.0 Å². The summed E-state index contributed by atoms with van der Waals surface area (Å²) >= 11 is 0. The molecule has 0 saturated carbocycles. The molecule has 1 amide bonds. The van der Waals surface area contributed by atoms with Gasteiger partial charge in [0.2, 0.25) is 5.91 Å². The maximum absolute atomic E-state index is 12.4. The third-order valence-corrected chi connectivity index (χ3v) is 9.78. The van der Waals surface area contributed by atoms with Gasteiger partial charge in [0, 0.05) is 6.42 Å². The second-order valence-corrected chi connectivity index (χ2v) is 15.4. The molecule has 0 radical (unpaired) electrons. The smallest absolute Gasteiger partial charge is 0.220 e. The minimum absolute atomic E-state index is 0.143. The molecule has 0 bridgehead atoms. The molecule has 0 aliphatic heterocycles. The third kappa shape index (κ3) is 45.4. The number of amides is 1. The molecule has 2 atom stereocenters. The van der Waals surface area contributed by atoms with Gasteiger partial charge in [-0.1, -0.05) is 211 Å². The van der Waals surface area contributed by atoms with Gasteiger partial charge >= 0.3 is 0 Å². The molecule has 60 heavy (non-hydrogen) atoms. The summed E-state index contributed by atoms with van der Waals surface area (Å²) in [4.78, 5) is 12.4. The van der Waals surface area contributed by atoms with Gasteiger partial charge in [-0.05, 0) is 109 Å². The van der Waals surface area contributed by atoms with Crippen LogP contribution in [0.2, 0.25) is 0 Å². The fraction of sp³-hybridized carbons (Fsp3) is 0.554. The number of aliphatic hydroxyl groups is 2. The number of hydrogen-bond donors (Lipinski definition) is 3. The first kappa shape index (κ1) is 56.3. The number of carbonyl (C=O) groups is 1. The van der Waals surface area contributed by atoms with E-state index >= 15 is 0 Å². The minimum atomic E-state index is -0.906. The highest BCUT2D eigenvalue weighted by Crippen LogP contribution is 2.11. The van der Waals surface area contributed by atoms with Gasteiger partial charge in [-0.15, -0.1) is 0 Å². The van der Waals surface area contributed by atoms with Gasteiger partial charge in [0.25, 0.3) is 0 Å². The van der Waals surface area contributed by atoms with Gasteiger partial charge in [0.1, 0.15) is 0 Å². The van der Waals surface area contributed by atoms with E-state index in [2.05, 4.69) is 153 Å². The van der Waals surface area contributed by atoms with Crippen molar-refractivity contribution in [2.75, 3.05) is 6.61 Å². The van der Waals surface area contributed by atoms with Crippen molar-refractivity contribution in [3.05, 3.63) is 146 Å². The van der Waals surface area contributed by atoms with E-state index in [0.29, 0.717) is 6.42 Å². The minimum Gasteiger partial charge on any atom is -0.394 e. The molecule has 0 saturated heterocycles. The zero-order valence-electron chi connectivity index (χ0n) is 38.4. The topological polar surface area (TPSA) is 69.6 Å². The van der Waals surface area contributed by atoms with Gasteiger partial charge in [-0.2, -0.15) is 0 Å². The molecule has 0 aliphatic carbocycles. The van der Waals surface area contributed by atoms with Gasteiger partial charge < -0.3 is 15.5 Å². The van der Waals surface area contributed by atoms with Crippen LogP contribution < -0.4 is 5.32 Å². The lowest BCUT2D eigenvalue weighted by molar-refractivity contribution is -0.122. The van der Waals surface area contributed by atoms with Crippen LogP contribution in [-0.4, -0.2) is 34.9 Å². The Morgan fingerprint density at radius 2 is 0.750 bits per heavy atom. The van der Waals surface area contributed by atoms with Crippen LogP contribution >= 0.6 is 0 Å². The number of hydrogen-bond acceptors (Lipinski definition) is 3. The number of aliphatic hydroxyl groups excluding tert-OH is 2. The Balaban J connectivity index is 3.83. The molecule has 0 spiro atoms. The number of unbranched alkanes of at least 4 members (excludes halogenated alkanes) is 12. The molecule has 0 aliphatic rings. The summed E-state index contributed by atoms with van der Waals surface area (Å²) in [5, 5.41) is 23.0. The van der Waals surface area contributed by atoms with Crippen molar-refractivity contribution in [2.45, 2.75) is 193 Å². The Bertz CT molecular complexity index is 1300. The highest BCUT2D eigenvalue weighted by molar-refractivity contribution is 5.76. The highest BCUT2D eigenvalue weighted by atomic mass is 16.3. The lowest BCUT2D eigenvalue weighted by Gasteiger charge is -2.19. The van der Waals surface area contributed by atoms with Crippen LogP contribution in [0.1, 0.15) is 181 Å². The predicted octanol–water partition coefficient (Wildman–Crippen LogP) is 15.7. The number of allylic oxidation sites excluding steroid dienone is 23. The summed E-state index contributed by atoms with van der Waals surface area (Å²) in [6.45, 7) is 4.14. The fourth-order valence-electron chi connectivity index (χ4n) is 6.15. The number of carbonyl (C=O) groups excluding carboxylic acids is 1. The molecule has 2 unspecified atom stereocenters. The molecular weight excluding hydrogens is 735 g/mol. The zero-order valence-corrected chi connectivity index (χ0v) is 38.4. The molecular formula is C56H89NO3. The average molecular weight is 824 g/mol. The van der Waals surface area contributed by atoms with Crippen LogP contribution in [-0.2, 0) is 4.79 Å². The maximum Gasteiger partial charge on any atom is 0.220 e. The van der Waals surface area contributed by atoms with Crippen molar-refractivity contribution in [3.8, 4) is 0 Å². The van der Waals surface area contributed by atoms with E-state index in [-0.39, 0.29) is 12.5 Å². The van der Waals surface area contributed by atoms with Crippen molar-refractivity contribution in [3.63, 3.8) is 0 Å². The van der Waals surface area contributed by atoms with E-state index in [1.807, 2.05) is 6.08 Å². The summed E-state index contributed by atoms with van der Waals surface area (Å²) in [5.74, 6) is -0.143. The molecule has 3 N–H and O–H groups in total. The van der Waals surface area contributed by atoms with Crippen molar-refractivity contribution in [1.82, 2.24) is 5.32 Å². The Morgan fingerprint density at radius 1 is 0.417 bits per heavy atom. The Hall–Kier alpha value is -3.73. The zero-order chi connectivity index (χ0) is 43.5. The Morgan fingerprint density at radius 3 is 1.17 bits per heavy atom. The van der Waals surface area contributed by atoms with Crippen LogP contribution in [0.3, 0.4) is 0 Å². The maximum atomic E-state index is 12.4. The lowest BCUT2D eigenvalue weighted by atomic mass is 10.1. The van der Waals surface area contributed by atoms with E-state index in [1.54, 1.807) is 6.08 Å². The summed E-state index contributed by atoms with van der Waals surface area (Å²) in [6.07, 6.45) is 79.7. The van der Waals surface area contributed by atoms with Crippen LogP contribution in [0.5, 0.6) is 0 Å². The van der Waals surface area contributed by atoms with E-state index < -0.39 is 12.1 Å². The monoisotopic (exact) mass is 824 g/mol. The normalized spacial score (nSPS) is 14.3. The van der Waals surface area contributed by atoms with Crippen molar-refractivity contribution >= 4 is 5.91 Å². The van der Waals surface area contributed by atoms with Gasteiger partial charge in [-0.3, -0.25) is 4.79 Å². The molecule has 0 aromatic rings. The first-order chi connectivity index (χ1) is 29.7. The van der Waals surface area contributed by atoms with Crippen LogP contribution in [0.25, 0.3) is 0 Å². The highest BCUT2D eigenvalue weighted by Gasteiger charge is 2.17. The first-order valence-corrected chi connectivity index (χ1v) is 24.0. The predicted molar refractivity (Wildman–Crippen MR) is 266 cm³/mol. The van der Waals surface area contributed by atoms with Crippen LogP contribution in [0.4, 0.5) is 0 Å². The second-order valence-electron chi connectivity index (χ2n) is 15.4. The van der Waals surface area contributed by atoms with Gasteiger partial charge in [0.05, 0.1) is 18.8 Å². The fourth-order valence-corrected chi connectivity index (χ4v) is 6.15. The third-order valence-electron chi connectivity index (χ3n) is 9.78. The second kappa shape index (κ2) is 49.6. The van der Waals surface area contributed by atoms with Crippen LogP contribution in [0.15, 0.2) is 146 Å². The van der Waals surface area contributed by atoms with E-state index in [4.69, 9.17) is 0 Å². The standard InChI is InChI=1S/C56H89NO3/c1-3-5-7-9-11-13-15-17-19-21-23-24-25-26-27-28-29-30-31-32-34-36-38-40-42-44-46-48-50-52-56(60)57-54(53-58)55(59)51-49-47-45-43-41-39-37-35-33-22-20-18-16-14-12-10-8-6-4-2/h5,7,11,13,17,19,23-24,26-27,29-30,32-35,38,40-41,43-44,46,49,51,54-55,58-59H,3-4,6,8-10,12,14-16,18,20-22,25,28,31,36-37,39,42,45,47-48,50,52-53H2,1-2H3,(H,57,60)/b7-5-,13-11-,19-17-,24-23-,27-26-,30-29-,34-32-,35-33+,40-38-,43-41+,46-44-,51-49+. The molecule has 0 aromatic carbocycles. The Kier molecular flexibility index (Phi) is 46.5. The number of rotatable bonds is 41. The Labute approximate surface area is 370 Å². The SMILES string of the molecule is CC/C=C\C/C=C\C/C=C\C/C=C\C/C=C\C/C=C\C/C=C\C/C=C\C/C=C\CCCC(=O)NC(CO)C(O)/C=C/CC/C=C/CC/C=C/CCCCCCCCCCC. The van der Waals surface area contributed by atoms with Crippen molar-refractivity contribution < 1.29 is 15.0 Å². The van der Waals surface area contributed by atoms with Crippen LogP contribution in [0, 0.1) is 0 Å². The van der Waals surface area contributed by atoms with Crippen molar-refractivity contribution in [1.29, 1.82) is 0 Å². The van der Waals surface area contributed by atoms with E-state index in [0.717, 1.165) is 96.3 Å². The molecule has 0 aromatic heterocycles. The summed E-state index contributed by atoms with van der Waals surface area (Å²) < 4.78 is 0. The molecule has 0 fully saturated rings. The lowest BCUT2D eigenvalue weighted by Crippen LogP contribution is -2.45. The van der Waals surface area contributed by atoms with E-state index in [1.165, 1.54) is 64.2 Å². The molecule has 0 rings (SSSR count). The van der Waals surface area contributed by atoms with Crippen molar-refractivity contribution in [2.24, 2.45) is 0 Å². The summed E-state index contributed by atoms with van der Waals surface area (Å²) in [5.41, 5.74) is 0. The summed E-state index contributed by atoms with van der Waals surface area (Å²) in [6, 6.07) is -0.688. The largest absolute Gasteiger partial charge is 0.394 e. The quantitative estimate of drug-likeness (QED) is 0.0425. The number of nitrogens with one attached hydrogen (secondary N) is 1. The summed E-state index contributed by atoms with van der Waals surface area (Å²) in [7, 11) is 0. The molecule has 4 nitrogen and oxygen atoms in total. The molecule has 4 heteroatoms.